The van der Waals surface area contributed by atoms with Gasteiger partial charge in [-0.3, -0.25) is 0 Å². The van der Waals surface area contributed by atoms with E-state index in [4.69, 9.17) is 9.72 Å². The lowest BCUT2D eigenvalue weighted by atomic mass is 9.87. The Bertz CT molecular complexity index is 1090. The van der Waals surface area contributed by atoms with Gasteiger partial charge < -0.3 is 25.0 Å². The van der Waals surface area contributed by atoms with Crippen molar-refractivity contribution in [3.8, 4) is 5.75 Å². The van der Waals surface area contributed by atoms with Gasteiger partial charge in [0, 0.05) is 47.7 Å². The number of aromatic hydroxyl groups is 1. The van der Waals surface area contributed by atoms with Gasteiger partial charge in [-0.25, -0.2) is 9.97 Å². The summed E-state index contributed by atoms with van der Waals surface area (Å²) < 4.78 is 5.45. The number of hydrogen-bond donors (Lipinski definition) is 2. The Morgan fingerprint density at radius 3 is 2.42 bits per heavy atom. The topological polar surface area (TPSA) is 73.8 Å². The van der Waals surface area contributed by atoms with E-state index >= 15 is 0 Å². The minimum atomic E-state index is 0.305. The molecule has 2 aromatic carbocycles. The highest BCUT2D eigenvalue weighted by molar-refractivity contribution is 5.85. The van der Waals surface area contributed by atoms with Crippen molar-refractivity contribution in [2.45, 2.75) is 38.6 Å². The summed E-state index contributed by atoms with van der Waals surface area (Å²) in [5, 5.41) is 15.1. The van der Waals surface area contributed by atoms with E-state index in [0.717, 1.165) is 74.4 Å². The normalized spacial score (nSPS) is 18.2. The van der Waals surface area contributed by atoms with Crippen molar-refractivity contribution in [1.29, 1.82) is 0 Å². The Morgan fingerprint density at radius 2 is 1.73 bits per heavy atom. The quantitative estimate of drug-likeness (QED) is 0.596. The van der Waals surface area contributed by atoms with Crippen LogP contribution in [0.25, 0.3) is 10.9 Å². The molecule has 0 spiro atoms. The van der Waals surface area contributed by atoms with E-state index in [1.165, 1.54) is 5.69 Å². The van der Waals surface area contributed by atoms with Crippen molar-refractivity contribution in [2.75, 3.05) is 49.6 Å². The molecular formula is C26H33N5O2. The molecule has 0 bridgehead atoms. The summed E-state index contributed by atoms with van der Waals surface area (Å²) in [4.78, 5) is 14.2. The van der Waals surface area contributed by atoms with Gasteiger partial charge in [-0.2, -0.15) is 0 Å². The van der Waals surface area contributed by atoms with Crippen LogP contribution < -0.4 is 10.2 Å². The number of nitrogens with one attached hydrogen (secondary N) is 1. The third kappa shape index (κ3) is 4.75. The average Bonchev–Trinajstić information content (AvgIpc) is 2.85. The number of benzene rings is 2. The van der Waals surface area contributed by atoms with E-state index in [1.807, 2.05) is 12.3 Å². The van der Waals surface area contributed by atoms with Gasteiger partial charge in [0.15, 0.2) is 0 Å². The molecule has 0 saturated carbocycles. The molecule has 2 saturated heterocycles. The molecule has 7 heteroatoms. The smallest absolute Gasteiger partial charge is 0.227 e. The molecule has 3 heterocycles. The monoisotopic (exact) mass is 447 g/mol. The SMILES string of the molecule is CC(C)N1CCC(c2c(O)ccc3cnc(Nc4ccc(N5CCOCC5)cc4)nc23)CC1. The van der Waals surface area contributed by atoms with Crippen molar-refractivity contribution in [2.24, 2.45) is 0 Å². The number of phenolic OH excluding ortho intramolecular Hbond substituents is 1. The molecule has 0 amide bonds. The molecule has 2 aliphatic heterocycles. The van der Waals surface area contributed by atoms with Crippen LogP contribution in [0.15, 0.2) is 42.6 Å². The number of ether oxygens (including phenoxy) is 1. The average molecular weight is 448 g/mol. The fourth-order valence-corrected chi connectivity index (χ4v) is 4.98. The zero-order valence-corrected chi connectivity index (χ0v) is 19.5. The number of phenols is 1. The molecule has 7 nitrogen and oxygen atoms in total. The maximum absolute atomic E-state index is 10.8. The lowest BCUT2D eigenvalue weighted by Crippen LogP contribution is -2.37. The van der Waals surface area contributed by atoms with Crippen LogP contribution in [0.5, 0.6) is 5.75 Å². The second kappa shape index (κ2) is 9.53. The Kier molecular flexibility index (Phi) is 6.33. The van der Waals surface area contributed by atoms with Gasteiger partial charge in [0.25, 0.3) is 0 Å². The Labute approximate surface area is 195 Å². The molecule has 0 radical (unpaired) electrons. The molecule has 0 unspecified atom stereocenters. The number of likely N-dealkylation sites (tertiary alicyclic amines) is 1. The third-order valence-corrected chi connectivity index (χ3v) is 6.94. The molecule has 33 heavy (non-hydrogen) atoms. The predicted molar refractivity (Wildman–Crippen MR) is 133 cm³/mol. The lowest BCUT2D eigenvalue weighted by Gasteiger charge is -2.35. The lowest BCUT2D eigenvalue weighted by molar-refractivity contribution is 0.122. The second-order valence-corrected chi connectivity index (χ2v) is 9.31. The van der Waals surface area contributed by atoms with E-state index in [-0.39, 0.29) is 0 Å². The zero-order valence-electron chi connectivity index (χ0n) is 19.5. The van der Waals surface area contributed by atoms with Gasteiger partial charge in [0.05, 0.1) is 18.7 Å². The molecule has 5 rings (SSSR count). The van der Waals surface area contributed by atoms with Gasteiger partial charge >= 0.3 is 0 Å². The maximum Gasteiger partial charge on any atom is 0.227 e. The molecule has 1 aromatic heterocycles. The van der Waals surface area contributed by atoms with Crippen LogP contribution in [0.4, 0.5) is 17.3 Å². The van der Waals surface area contributed by atoms with Crippen LogP contribution in [0.2, 0.25) is 0 Å². The Morgan fingerprint density at radius 1 is 1.00 bits per heavy atom. The first-order chi connectivity index (χ1) is 16.1. The van der Waals surface area contributed by atoms with E-state index in [2.05, 4.69) is 58.2 Å². The zero-order chi connectivity index (χ0) is 22.8. The maximum atomic E-state index is 10.8. The second-order valence-electron chi connectivity index (χ2n) is 9.31. The standard InChI is InChI=1S/C26H33N5O2/c1-18(2)30-11-9-19(10-12-30)24-23(32)8-3-20-17-27-26(29-25(20)24)28-21-4-6-22(7-5-21)31-13-15-33-16-14-31/h3-8,17-19,32H,9-16H2,1-2H3,(H,27,28,29). The molecule has 0 atom stereocenters. The van der Waals surface area contributed by atoms with Gasteiger partial charge in [-0.05, 0) is 82.1 Å². The molecule has 0 aliphatic carbocycles. The number of morpholine rings is 1. The van der Waals surface area contributed by atoms with Crippen molar-refractivity contribution >= 4 is 28.2 Å². The summed E-state index contributed by atoms with van der Waals surface area (Å²) in [6, 6.07) is 12.6. The van der Waals surface area contributed by atoms with E-state index in [0.29, 0.717) is 23.7 Å². The van der Waals surface area contributed by atoms with Gasteiger partial charge in [-0.15, -0.1) is 0 Å². The molecule has 3 aromatic rings. The minimum Gasteiger partial charge on any atom is -0.508 e. The third-order valence-electron chi connectivity index (χ3n) is 6.94. The fraction of sp³-hybridized carbons (Fsp3) is 0.462. The first kappa shape index (κ1) is 21.9. The first-order valence-corrected chi connectivity index (χ1v) is 12.0. The van der Waals surface area contributed by atoms with Gasteiger partial charge in [0.1, 0.15) is 5.75 Å². The predicted octanol–water partition coefficient (Wildman–Crippen LogP) is 4.50. The molecule has 2 aliphatic rings. The van der Waals surface area contributed by atoms with Crippen molar-refractivity contribution in [1.82, 2.24) is 14.9 Å². The molecule has 2 N–H and O–H groups in total. The number of anilines is 3. The van der Waals surface area contributed by atoms with Crippen LogP contribution in [-0.4, -0.2) is 65.4 Å². The molecule has 2 fully saturated rings. The van der Waals surface area contributed by atoms with Crippen LogP contribution >= 0.6 is 0 Å². The van der Waals surface area contributed by atoms with Crippen LogP contribution in [0.1, 0.15) is 38.2 Å². The highest BCUT2D eigenvalue weighted by atomic mass is 16.5. The summed E-state index contributed by atoms with van der Waals surface area (Å²) in [5.41, 5.74) is 3.95. The van der Waals surface area contributed by atoms with E-state index < -0.39 is 0 Å². The van der Waals surface area contributed by atoms with Crippen LogP contribution in [0, 0.1) is 0 Å². The number of rotatable bonds is 5. The molecular weight excluding hydrogens is 414 g/mol. The van der Waals surface area contributed by atoms with Gasteiger partial charge in [-0.1, -0.05) is 0 Å². The van der Waals surface area contributed by atoms with E-state index in [1.54, 1.807) is 6.07 Å². The highest BCUT2D eigenvalue weighted by Crippen LogP contribution is 2.38. The summed E-state index contributed by atoms with van der Waals surface area (Å²) in [6.07, 6.45) is 3.90. The number of hydrogen-bond acceptors (Lipinski definition) is 7. The van der Waals surface area contributed by atoms with Crippen molar-refractivity contribution in [3.63, 3.8) is 0 Å². The largest absolute Gasteiger partial charge is 0.508 e. The van der Waals surface area contributed by atoms with Crippen molar-refractivity contribution in [3.05, 3.63) is 48.2 Å². The van der Waals surface area contributed by atoms with Crippen LogP contribution in [-0.2, 0) is 4.74 Å². The number of nitrogens with zero attached hydrogens (tertiary/aromatic N) is 4. The first-order valence-electron chi connectivity index (χ1n) is 12.0. The summed E-state index contributed by atoms with van der Waals surface area (Å²) in [5.74, 6) is 1.19. The highest BCUT2D eigenvalue weighted by Gasteiger charge is 2.26. The van der Waals surface area contributed by atoms with Crippen molar-refractivity contribution < 1.29 is 9.84 Å². The number of piperidine rings is 1. The molecule has 174 valence electrons. The minimum absolute atomic E-state index is 0.305. The summed E-state index contributed by atoms with van der Waals surface area (Å²) >= 11 is 0. The number of aromatic nitrogens is 2. The fourth-order valence-electron chi connectivity index (χ4n) is 4.98. The van der Waals surface area contributed by atoms with Crippen LogP contribution in [0.3, 0.4) is 0 Å². The summed E-state index contributed by atoms with van der Waals surface area (Å²) in [7, 11) is 0. The number of fused-ring (bicyclic) bond motifs is 1. The van der Waals surface area contributed by atoms with Gasteiger partial charge in [0.2, 0.25) is 5.95 Å². The summed E-state index contributed by atoms with van der Waals surface area (Å²) in [6.45, 7) is 9.97. The van der Waals surface area contributed by atoms with E-state index in [9.17, 15) is 5.11 Å². The Balaban J connectivity index is 1.37. The Hall–Kier alpha value is -2.90.